The molecule has 0 saturated carbocycles. The molecule has 3 heteroatoms. The Kier molecular flexibility index (Phi) is 5.92. The van der Waals surface area contributed by atoms with E-state index in [0.29, 0.717) is 6.04 Å². The summed E-state index contributed by atoms with van der Waals surface area (Å²) in [5.41, 5.74) is 2.65. The van der Waals surface area contributed by atoms with E-state index in [1.165, 1.54) is 24.1 Å². The van der Waals surface area contributed by atoms with E-state index >= 15 is 0 Å². The molecule has 1 aromatic rings. The van der Waals surface area contributed by atoms with Gasteiger partial charge in [0, 0.05) is 30.4 Å². The van der Waals surface area contributed by atoms with Crippen LogP contribution in [-0.2, 0) is 0 Å². The number of hydrogen-bond donors (Lipinski definition) is 1. The zero-order valence-corrected chi connectivity index (χ0v) is 14.0. The third-order valence-corrected chi connectivity index (χ3v) is 4.39. The van der Waals surface area contributed by atoms with Crippen molar-refractivity contribution in [3.63, 3.8) is 0 Å². The summed E-state index contributed by atoms with van der Waals surface area (Å²) < 4.78 is 5.64. The van der Waals surface area contributed by atoms with Crippen LogP contribution in [0.25, 0.3) is 0 Å². The number of methoxy groups -OCH3 is 1. The highest BCUT2D eigenvalue weighted by molar-refractivity contribution is 5.61. The van der Waals surface area contributed by atoms with E-state index in [-0.39, 0.29) is 0 Å². The first-order valence-electron chi connectivity index (χ1n) is 8.32. The predicted molar refractivity (Wildman–Crippen MR) is 90.3 cm³/mol. The van der Waals surface area contributed by atoms with Crippen molar-refractivity contribution in [2.45, 2.75) is 46.1 Å². The van der Waals surface area contributed by atoms with Crippen LogP contribution in [0.1, 0.15) is 51.6 Å². The lowest BCUT2D eigenvalue weighted by molar-refractivity contribution is 0.399. The van der Waals surface area contributed by atoms with Gasteiger partial charge in [-0.3, -0.25) is 0 Å². The maximum atomic E-state index is 5.64. The van der Waals surface area contributed by atoms with E-state index in [2.05, 4.69) is 49.2 Å². The zero-order chi connectivity index (χ0) is 15.2. The van der Waals surface area contributed by atoms with Crippen LogP contribution in [0.5, 0.6) is 5.75 Å². The maximum Gasteiger partial charge on any atom is 0.125 e. The average molecular weight is 290 g/mol. The van der Waals surface area contributed by atoms with Gasteiger partial charge in [-0.25, -0.2) is 0 Å². The lowest BCUT2D eigenvalue weighted by atomic mass is 9.97. The van der Waals surface area contributed by atoms with Crippen LogP contribution in [0.2, 0.25) is 0 Å². The molecule has 1 saturated heterocycles. The minimum atomic E-state index is 0.313. The van der Waals surface area contributed by atoms with Crippen molar-refractivity contribution in [3.05, 3.63) is 23.8 Å². The van der Waals surface area contributed by atoms with Crippen LogP contribution in [-0.4, -0.2) is 26.7 Å². The minimum Gasteiger partial charge on any atom is -0.496 e. The molecule has 118 valence electrons. The third kappa shape index (κ3) is 3.91. The van der Waals surface area contributed by atoms with Gasteiger partial charge in [0.2, 0.25) is 0 Å². The average Bonchev–Trinajstić information content (AvgIpc) is 2.51. The first-order chi connectivity index (χ1) is 10.2. The van der Waals surface area contributed by atoms with Crippen LogP contribution in [0.3, 0.4) is 0 Å². The molecule has 0 aliphatic carbocycles. The van der Waals surface area contributed by atoms with Crippen LogP contribution < -0.4 is 15.0 Å². The Balaban J connectivity index is 2.30. The Bertz CT molecular complexity index is 447. The highest BCUT2D eigenvalue weighted by Gasteiger charge is 2.23. The van der Waals surface area contributed by atoms with Gasteiger partial charge in [-0.2, -0.15) is 0 Å². The Morgan fingerprint density at radius 1 is 1.43 bits per heavy atom. The van der Waals surface area contributed by atoms with Gasteiger partial charge in [0.1, 0.15) is 5.75 Å². The fourth-order valence-corrected chi connectivity index (χ4v) is 3.29. The molecule has 2 unspecified atom stereocenters. The number of rotatable bonds is 6. The normalized spacial score (nSPS) is 20.4. The largest absolute Gasteiger partial charge is 0.496 e. The van der Waals surface area contributed by atoms with Gasteiger partial charge in [-0.05, 0) is 50.8 Å². The van der Waals surface area contributed by atoms with E-state index in [9.17, 15) is 0 Å². The number of piperidine rings is 1. The van der Waals surface area contributed by atoms with Gasteiger partial charge in [0.05, 0.1) is 7.11 Å². The topological polar surface area (TPSA) is 24.5 Å². The molecule has 3 nitrogen and oxygen atoms in total. The number of anilines is 1. The maximum absolute atomic E-state index is 5.64. The summed E-state index contributed by atoms with van der Waals surface area (Å²) >= 11 is 0. The van der Waals surface area contributed by atoms with Crippen molar-refractivity contribution in [1.29, 1.82) is 0 Å². The van der Waals surface area contributed by atoms with Gasteiger partial charge in [0.15, 0.2) is 0 Å². The molecule has 1 aliphatic rings. The molecule has 21 heavy (non-hydrogen) atoms. The van der Waals surface area contributed by atoms with E-state index in [1.54, 1.807) is 7.11 Å². The van der Waals surface area contributed by atoms with Crippen LogP contribution >= 0.6 is 0 Å². The Hall–Kier alpha value is -1.22. The number of nitrogens with zero attached hydrogens (tertiary/aromatic N) is 1. The third-order valence-electron chi connectivity index (χ3n) is 4.39. The lowest BCUT2D eigenvalue weighted by Crippen LogP contribution is -2.35. The number of benzene rings is 1. The molecular weight excluding hydrogens is 260 g/mol. The molecule has 0 spiro atoms. The standard InChI is InChI=1S/C18H30N2O/c1-5-11-19-15(3)18-16(9-6-10-17(18)21-4)20-12-7-8-14(2)13-20/h6,9-10,14-15,19H,5,7-8,11-13H2,1-4H3. The second kappa shape index (κ2) is 7.69. The van der Waals surface area contributed by atoms with E-state index in [0.717, 1.165) is 37.7 Å². The second-order valence-electron chi connectivity index (χ2n) is 6.26. The second-order valence-corrected chi connectivity index (χ2v) is 6.26. The number of hydrogen-bond acceptors (Lipinski definition) is 3. The molecule has 0 aromatic heterocycles. The molecule has 1 N–H and O–H groups in total. The molecule has 2 rings (SSSR count). The molecule has 0 bridgehead atoms. The highest BCUT2D eigenvalue weighted by atomic mass is 16.5. The van der Waals surface area contributed by atoms with Gasteiger partial charge >= 0.3 is 0 Å². The molecule has 1 aromatic carbocycles. The molecule has 0 amide bonds. The van der Waals surface area contributed by atoms with Gasteiger partial charge in [-0.1, -0.05) is 19.9 Å². The van der Waals surface area contributed by atoms with Crippen LogP contribution in [0.15, 0.2) is 18.2 Å². The summed E-state index contributed by atoms with van der Waals surface area (Å²) in [6.45, 7) is 10.1. The van der Waals surface area contributed by atoms with Crippen LogP contribution in [0, 0.1) is 5.92 Å². The fraction of sp³-hybridized carbons (Fsp3) is 0.667. The van der Waals surface area contributed by atoms with Gasteiger partial charge in [0.25, 0.3) is 0 Å². The lowest BCUT2D eigenvalue weighted by Gasteiger charge is -2.35. The fourth-order valence-electron chi connectivity index (χ4n) is 3.29. The molecule has 1 aliphatic heterocycles. The SMILES string of the molecule is CCCNC(C)c1c(OC)cccc1N1CCCC(C)C1. The first kappa shape index (κ1) is 16.2. The first-order valence-corrected chi connectivity index (χ1v) is 8.32. The molecule has 0 radical (unpaired) electrons. The summed E-state index contributed by atoms with van der Waals surface area (Å²) in [6, 6.07) is 6.76. The minimum absolute atomic E-state index is 0.313. The van der Waals surface area contributed by atoms with Crippen molar-refractivity contribution in [2.75, 3.05) is 31.6 Å². The quantitative estimate of drug-likeness (QED) is 0.857. The highest BCUT2D eigenvalue weighted by Crippen LogP contribution is 2.36. The summed E-state index contributed by atoms with van der Waals surface area (Å²) in [5.74, 6) is 1.78. The Morgan fingerprint density at radius 3 is 2.90 bits per heavy atom. The smallest absolute Gasteiger partial charge is 0.125 e. The number of ether oxygens (including phenoxy) is 1. The van der Waals surface area contributed by atoms with Crippen molar-refractivity contribution < 1.29 is 4.74 Å². The molecule has 1 heterocycles. The zero-order valence-electron chi connectivity index (χ0n) is 14.0. The van der Waals surface area contributed by atoms with E-state index in [1.807, 2.05) is 0 Å². The van der Waals surface area contributed by atoms with Gasteiger partial charge < -0.3 is 15.0 Å². The predicted octanol–water partition coefficient (Wildman–Crippen LogP) is 3.99. The Labute approximate surface area is 129 Å². The Morgan fingerprint density at radius 2 is 2.24 bits per heavy atom. The summed E-state index contributed by atoms with van der Waals surface area (Å²) in [5, 5.41) is 3.61. The van der Waals surface area contributed by atoms with Crippen molar-refractivity contribution in [2.24, 2.45) is 5.92 Å². The van der Waals surface area contributed by atoms with E-state index < -0.39 is 0 Å². The molecule has 2 atom stereocenters. The van der Waals surface area contributed by atoms with Crippen molar-refractivity contribution in [1.82, 2.24) is 5.32 Å². The summed E-state index contributed by atoms with van der Waals surface area (Å²) in [7, 11) is 1.77. The monoisotopic (exact) mass is 290 g/mol. The summed E-state index contributed by atoms with van der Waals surface area (Å²) in [6.07, 6.45) is 3.78. The summed E-state index contributed by atoms with van der Waals surface area (Å²) in [4.78, 5) is 2.54. The van der Waals surface area contributed by atoms with Gasteiger partial charge in [-0.15, -0.1) is 0 Å². The van der Waals surface area contributed by atoms with E-state index in [4.69, 9.17) is 4.74 Å². The number of nitrogens with one attached hydrogen (secondary N) is 1. The van der Waals surface area contributed by atoms with Crippen molar-refractivity contribution in [3.8, 4) is 5.75 Å². The molecular formula is C18H30N2O. The van der Waals surface area contributed by atoms with Crippen LogP contribution in [0.4, 0.5) is 5.69 Å². The molecule has 1 fully saturated rings. The van der Waals surface area contributed by atoms with Crippen molar-refractivity contribution >= 4 is 5.69 Å².